The van der Waals surface area contributed by atoms with E-state index in [0.717, 1.165) is 0 Å². The van der Waals surface area contributed by atoms with Crippen molar-refractivity contribution < 1.29 is 70.5 Å². The fraction of sp³-hybridized carbons (Fsp3) is 0.450. The monoisotopic (exact) mass is 719 g/mol. The predicted octanol–water partition coefficient (Wildman–Crippen LogP) is 1.33. The second-order valence-corrected chi connectivity index (χ2v) is 14.4. The van der Waals surface area contributed by atoms with E-state index in [1.807, 2.05) is 0 Å². The maximum Gasteiger partial charge on any atom is 0.490 e. The van der Waals surface area contributed by atoms with Crippen LogP contribution in [0.3, 0.4) is 0 Å². The van der Waals surface area contributed by atoms with Gasteiger partial charge in [0.05, 0.1) is 39.2 Å². The van der Waals surface area contributed by atoms with E-state index in [-0.39, 0.29) is 35.2 Å². The molecule has 21 nitrogen and oxygen atoms in total. The number of ether oxygens (including phenoxy) is 4. The Hall–Kier alpha value is -2.55. The van der Waals surface area contributed by atoms with Gasteiger partial charge in [-0.3, -0.25) is 18.9 Å². The third-order valence-electron chi connectivity index (χ3n) is 5.96. The smallest absolute Gasteiger partial charge is 0.490 e. The van der Waals surface area contributed by atoms with E-state index in [4.69, 9.17) is 39.0 Å². The van der Waals surface area contributed by atoms with Crippen molar-refractivity contribution in [3.8, 4) is 17.2 Å². The molecule has 25 heteroatoms. The molecule has 0 spiro atoms. The first kappa shape index (κ1) is 35.3. The van der Waals surface area contributed by atoms with Crippen LogP contribution in [0, 0.1) is 0 Å². The number of hydrogen-bond donors (Lipinski definition) is 7. The number of aromatic amines is 1. The molecule has 5 atom stereocenters. The van der Waals surface area contributed by atoms with Gasteiger partial charge in [-0.1, -0.05) is 0 Å². The first-order valence-electron chi connectivity index (χ1n) is 12.3. The number of anilines is 1. The van der Waals surface area contributed by atoms with Crippen LogP contribution in [0.25, 0.3) is 11.2 Å². The number of imidazole rings is 1. The molecule has 3 heterocycles. The zero-order valence-electron chi connectivity index (χ0n) is 23.2. The Morgan fingerprint density at radius 3 is 2.40 bits per heavy atom. The Morgan fingerprint density at radius 2 is 1.78 bits per heavy atom. The Kier molecular flexibility index (Phi) is 11.0. The minimum absolute atomic E-state index is 0.00915. The number of phenols is 1. The number of nitrogens with zero attached hydrogens (tertiary/aromatic N) is 3. The molecule has 1 saturated heterocycles. The molecule has 2 unspecified atom stereocenters. The minimum Gasteiger partial charge on any atom is -0.508 e. The van der Waals surface area contributed by atoms with Gasteiger partial charge in [-0.2, -0.15) is 13.6 Å². The average molecular weight is 719 g/mol. The van der Waals surface area contributed by atoms with Crippen molar-refractivity contribution in [3.63, 3.8) is 0 Å². The van der Waals surface area contributed by atoms with Gasteiger partial charge in [0.15, 0.2) is 11.2 Å². The van der Waals surface area contributed by atoms with Crippen molar-refractivity contribution >= 4 is 52.3 Å². The molecule has 250 valence electrons. The summed E-state index contributed by atoms with van der Waals surface area (Å²) in [5.41, 5.74) is 5.70. The second-order valence-electron chi connectivity index (χ2n) is 9.03. The molecule has 0 bridgehead atoms. The van der Waals surface area contributed by atoms with Crippen LogP contribution in [-0.4, -0.2) is 83.2 Å². The van der Waals surface area contributed by atoms with Crippen LogP contribution in [0.15, 0.2) is 23.3 Å². The van der Waals surface area contributed by atoms with Gasteiger partial charge in [0, 0.05) is 29.9 Å². The van der Waals surface area contributed by atoms with E-state index in [0.29, 0.717) is 22.8 Å². The molecule has 0 radical (unpaired) electrons. The van der Waals surface area contributed by atoms with Crippen LogP contribution in [0.2, 0.25) is 0 Å². The lowest BCUT2D eigenvalue weighted by Crippen LogP contribution is -2.29. The third kappa shape index (κ3) is 9.26. The summed E-state index contributed by atoms with van der Waals surface area (Å²) in [6, 6.07) is 2.82. The van der Waals surface area contributed by atoms with E-state index in [1.165, 1.54) is 49.0 Å². The van der Waals surface area contributed by atoms with Gasteiger partial charge in [-0.25, -0.2) is 18.7 Å². The van der Waals surface area contributed by atoms with Crippen LogP contribution in [-0.2, 0) is 42.1 Å². The molecular formula is C20H28N5O16P3S. The Bertz CT molecular complexity index is 1710. The normalized spacial score (nSPS) is 21.4. The number of thioether (sulfide) groups is 1. The minimum atomic E-state index is -5.75. The Labute approximate surface area is 257 Å². The van der Waals surface area contributed by atoms with Crippen molar-refractivity contribution in [2.24, 2.45) is 0 Å². The Morgan fingerprint density at radius 1 is 1.11 bits per heavy atom. The number of aromatic hydroxyl groups is 1. The van der Waals surface area contributed by atoms with Crippen molar-refractivity contribution in [2.45, 2.75) is 30.6 Å². The summed E-state index contributed by atoms with van der Waals surface area (Å²) < 4.78 is 71.1. The van der Waals surface area contributed by atoms with E-state index in [1.54, 1.807) is 0 Å². The summed E-state index contributed by atoms with van der Waals surface area (Å²) >= 11 is 1.26. The fourth-order valence-electron chi connectivity index (χ4n) is 4.21. The highest BCUT2D eigenvalue weighted by Crippen LogP contribution is 2.66. The number of methoxy groups -OCH3 is 2. The van der Waals surface area contributed by atoms with Crippen molar-refractivity contribution in [3.05, 3.63) is 34.4 Å². The lowest BCUT2D eigenvalue weighted by atomic mass is 10.2. The van der Waals surface area contributed by atoms with E-state index in [9.17, 15) is 33.4 Å². The molecule has 0 saturated carbocycles. The third-order valence-corrected chi connectivity index (χ3v) is 10.6. The van der Waals surface area contributed by atoms with Gasteiger partial charge in [0.1, 0.15) is 29.6 Å². The summed E-state index contributed by atoms with van der Waals surface area (Å²) in [5.74, 6) is 0.786. The van der Waals surface area contributed by atoms with E-state index >= 15 is 0 Å². The number of phosphoric acid groups is 3. The summed E-state index contributed by atoms with van der Waals surface area (Å²) in [5, 5.41) is 9.87. The maximum atomic E-state index is 12.3. The number of aromatic nitrogens is 4. The average Bonchev–Trinajstić information content (AvgIpc) is 3.52. The summed E-state index contributed by atoms with van der Waals surface area (Å²) in [6.07, 6.45) is -1.65. The molecule has 1 aliphatic rings. The fourth-order valence-corrected chi connectivity index (χ4v) is 8.09. The highest BCUT2D eigenvalue weighted by atomic mass is 32.2. The number of H-pyrrole nitrogens is 1. The zero-order chi connectivity index (χ0) is 33.2. The van der Waals surface area contributed by atoms with Crippen LogP contribution in [0.4, 0.5) is 5.95 Å². The molecule has 0 aliphatic carbocycles. The number of phosphoric ester groups is 1. The van der Waals surface area contributed by atoms with E-state index < -0.39 is 54.1 Å². The van der Waals surface area contributed by atoms with Crippen molar-refractivity contribution in [2.75, 3.05) is 32.5 Å². The van der Waals surface area contributed by atoms with Crippen molar-refractivity contribution in [1.82, 2.24) is 19.5 Å². The number of hydrogen-bond acceptors (Lipinski definition) is 16. The largest absolute Gasteiger partial charge is 0.508 e. The van der Waals surface area contributed by atoms with Crippen LogP contribution in [0.1, 0.15) is 18.2 Å². The SMILES string of the molecule is COc1cc(O)cc(OC)c1CSCO[C@H]1C[C@H](n2cnc3c(=O)[nH]c(N)nc32)O[C@@H]1COP(=O)(O)OP(=O)(O)OP(=O)(O)O. The van der Waals surface area contributed by atoms with Crippen LogP contribution in [0.5, 0.6) is 17.2 Å². The van der Waals surface area contributed by atoms with Gasteiger partial charge in [0.25, 0.3) is 5.56 Å². The molecule has 4 rings (SSSR count). The maximum absolute atomic E-state index is 12.3. The summed E-state index contributed by atoms with van der Waals surface area (Å²) in [7, 11) is -14.0. The summed E-state index contributed by atoms with van der Waals surface area (Å²) in [6.45, 7) is -0.794. The summed E-state index contributed by atoms with van der Waals surface area (Å²) in [4.78, 5) is 59.4. The number of benzene rings is 1. The van der Waals surface area contributed by atoms with Gasteiger partial charge < -0.3 is 49.4 Å². The first-order valence-corrected chi connectivity index (χ1v) is 18.0. The van der Waals surface area contributed by atoms with Gasteiger partial charge in [0.2, 0.25) is 5.95 Å². The molecule has 3 aromatic rings. The molecule has 0 amide bonds. The second kappa shape index (κ2) is 14.1. The van der Waals surface area contributed by atoms with Gasteiger partial charge >= 0.3 is 23.5 Å². The number of rotatable bonds is 15. The quantitative estimate of drug-likeness (QED) is 0.0662. The topological polar surface area (TPSA) is 307 Å². The molecule has 2 aromatic heterocycles. The number of phenolic OH excluding ortho intramolecular Hbond substituents is 1. The lowest BCUT2D eigenvalue weighted by molar-refractivity contribution is -0.0523. The van der Waals surface area contributed by atoms with Gasteiger partial charge in [-0.15, -0.1) is 11.8 Å². The van der Waals surface area contributed by atoms with Gasteiger partial charge in [-0.05, 0) is 0 Å². The number of nitrogens with one attached hydrogen (secondary N) is 1. The first-order chi connectivity index (χ1) is 21.0. The van der Waals surface area contributed by atoms with Crippen LogP contribution >= 0.6 is 35.2 Å². The lowest BCUT2D eigenvalue weighted by Gasteiger charge is -2.21. The molecule has 1 aliphatic heterocycles. The highest BCUT2D eigenvalue weighted by Gasteiger charge is 2.43. The number of nitrogen functional groups attached to an aromatic ring is 1. The molecule has 45 heavy (non-hydrogen) atoms. The van der Waals surface area contributed by atoms with Crippen molar-refractivity contribution in [1.29, 1.82) is 0 Å². The molecule has 8 N–H and O–H groups in total. The molecular weight excluding hydrogens is 691 g/mol. The standard InChI is InChI=1S/C20H28N5O16P3S/c1-35-12-3-10(26)4-13(36-2)11(12)7-45-9-37-14-5-16(25-8-22-17-18(25)23-20(21)24-19(17)27)39-15(14)6-38-43(31,32)41-44(33,34)40-42(28,29)30/h3-4,8,14-16,26H,5-7,9H2,1-2H3,(H,31,32)(H,33,34)(H2,28,29,30)(H3,21,23,24,27)/t14-,15+,16+/m0/s1. The zero-order valence-corrected chi connectivity index (χ0v) is 26.7. The Balaban J connectivity index is 1.49. The number of nitrogens with two attached hydrogens (primary N) is 1. The molecule has 1 aromatic carbocycles. The number of fused-ring (bicyclic) bond motifs is 1. The predicted molar refractivity (Wildman–Crippen MR) is 153 cm³/mol. The highest BCUT2D eigenvalue weighted by molar-refractivity contribution is 7.98. The molecule has 1 fully saturated rings. The van der Waals surface area contributed by atoms with E-state index in [2.05, 4.69) is 23.6 Å². The van der Waals surface area contributed by atoms with Crippen LogP contribution < -0.4 is 20.8 Å².